The number of ether oxygens (including phenoxy) is 2. The predicted octanol–water partition coefficient (Wildman–Crippen LogP) is 3.27. The summed E-state index contributed by atoms with van der Waals surface area (Å²) in [6, 6.07) is 4.23. The van der Waals surface area contributed by atoms with Gasteiger partial charge in [-0.3, -0.25) is 4.79 Å². The quantitative estimate of drug-likeness (QED) is 0.850. The molecule has 1 saturated carbocycles. The monoisotopic (exact) mass is 397 g/mol. The van der Waals surface area contributed by atoms with Crippen LogP contribution in [-0.4, -0.2) is 48.5 Å². The zero-order valence-electron chi connectivity index (χ0n) is 17.7. The van der Waals surface area contributed by atoms with E-state index in [4.69, 9.17) is 14.6 Å². The highest BCUT2D eigenvalue weighted by Crippen LogP contribution is 2.51. The van der Waals surface area contributed by atoms with Gasteiger partial charge in [0.1, 0.15) is 5.60 Å². The highest BCUT2D eigenvalue weighted by molar-refractivity contribution is 6.20. The van der Waals surface area contributed by atoms with Crippen LogP contribution in [0.3, 0.4) is 0 Å². The second kappa shape index (κ2) is 6.73. The molecule has 1 amide bonds. The van der Waals surface area contributed by atoms with Crippen LogP contribution in [0.1, 0.15) is 63.5 Å². The molecule has 3 heterocycles. The Bertz CT molecular complexity index is 864. The van der Waals surface area contributed by atoms with Crippen LogP contribution in [0.4, 0.5) is 0 Å². The standard InChI is InChI=1S/C23H31N3O3/c1-22(2)20(25-26(21(22)27)15-8-12-24-13-9-15)16-6-7-18(28-3)19-17(16)14-23(29-19)10-4-5-11-23/h6-7,15,24H,4-5,8-14H2,1-3H3. The van der Waals surface area contributed by atoms with Crippen LogP contribution >= 0.6 is 0 Å². The molecular formula is C23H31N3O3. The molecule has 0 radical (unpaired) electrons. The van der Waals surface area contributed by atoms with Crippen molar-refractivity contribution < 1.29 is 14.3 Å². The number of benzene rings is 1. The molecule has 0 atom stereocenters. The van der Waals surface area contributed by atoms with E-state index in [9.17, 15) is 4.79 Å². The van der Waals surface area contributed by atoms with Gasteiger partial charge >= 0.3 is 0 Å². The smallest absolute Gasteiger partial charge is 0.254 e. The van der Waals surface area contributed by atoms with Crippen LogP contribution < -0.4 is 14.8 Å². The molecule has 6 heteroatoms. The van der Waals surface area contributed by atoms with E-state index < -0.39 is 5.41 Å². The highest BCUT2D eigenvalue weighted by atomic mass is 16.5. The fraction of sp³-hybridized carbons (Fsp3) is 0.652. The van der Waals surface area contributed by atoms with Gasteiger partial charge in [-0.2, -0.15) is 5.10 Å². The van der Waals surface area contributed by atoms with Crippen molar-refractivity contribution in [2.45, 2.75) is 70.4 Å². The first-order valence-electron chi connectivity index (χ1n) is 11.0. The lowest BCUT2D eigenvalue weighted by Gasteiger charge is -2.30. The summed E-state index contributed by atoms with van der Waals surface area (Å²) in [5.41, 5.74) is 2.35. The SMILES string of the molecule is COc1ccc(C2=NN(C3CCNCC3)C(=O)C2(C)C)c2c1OC1(CCCC1)C2. The Kier molecular flexibility index (Phi) is 4.39. The van der Waals surface area contributed by atoms with E-state index >= 15 is 0 Å². The third kappa shape index (κ3) is 2.87. The number of fused-ring (bicyclic) bond motifs is 1. The molecule has 4 aliphatic rings. The van der Waals surface area contributed by atoms with Crippen LogP contribution in [0, 0.1) is 5.41 Å². The maximum atomic E-state index is 13.3. The normalized spacial score (nSPS) is 25.3. The Morgan fingerprint density at radius 2 is 1.93 bits per heavy atom. The number of carbonyl (C=O) groups is 1. The van der Waals surface area contributed by atoms with E-state index in [2.05, 4.69) is 11.4 Å². The summed E-state index contributed by atoms with van der Waals surface area (Å²) in [7, 11) is 1.69. The minimum absolute atomic E-state index is 0.103. The summed E-state index contributed by atoms with van der Waals surface area (Å²) in [5, 5.41) is 10.1. The molecule has 6 nitrogen and oxygen atoms in total. The van der Waals surface area contributed by atoms with Crippen molar-refractivity contribution in [3.05, 3.63) is 23.3 Å². The number of hydrazone groups is 1. The Hall–Kier alpha value is -2.08. The zero-order chi connectivity index (χ0) is 20.2. The van der Waals surface area contributed by atoms with E-state index in [0.717, 1.165) is 73.5 Å². The number of methoxy groups -OCH3 is 1. The number of rotatable bonds is 3. The van der Waals surface area contributed by atoms with Gasteiger partial charge in [-0.05, 0) is 77.6 Å². The molecule has 0 bridgehead atoms. The summed E-state index contributed by atoms with van der Waals surface area (Å²) in [6.45, 7) is 5.89. The minimum atomic E-state index is -0.640. The van der Waals surface area contributed by atoms with Gasteiger partial charge < -0.3 is 14.8 Å². The van der Waals surface area contributed by atoms with Gasteiger partial charge in [0.2, 0.25) is 0 Å². The number of hydrogen-bond donors (Lipinski definition) is 1. The number of nitrogens with one attached hydrogen (secondary N) is 1. The average Bonchev–Trinajstić information content (AvgIpc) is 3.40. The van der Waals surface area contributed by atoms with Gasteiger partial charge in [0.15, 0.2) is 11.5 Å². The Morgan fingerprint density at radius 3 is 2.62 bits per heavy atom. The summed E-state index contributed by atoms with van der Waals surface area (Å²) < 4.78 is 12.1. The van der Waals surface area contributed by atoms with Gasteiger partial charge in [0.25, 0.3) is 5.91 Å². The van der Waals surface area contributed by atoms with Crippen molar-refractivity contribution in [1.29, 1.82) is 0 Å². The number of hydrogen-bond acceptors (Lipinski definition) is 5. The largest absolute Gasteiger partial charge is 0.493 e. The lowest BCUT2D eigenvalue weighted by atomic mass is 9.80. The minimum Gasteiger partial charge on any atom is -0.493 e. The molecule has 1 aliphatic carbocycles. The molecule has 3 aliphatic heterocycles. The number of amides is 1. The van der Waals surface area contributed by atoms with Gasteiger partial charge in [-0.1, -0.05) is 0 Å². The predicted molar refractivity (Wildman–Crippen MR) is 112 cm³/mol. The highest BCUT2D eigenvalue weighted by Gasteiger charge is 2.50. The fourth-order valence-corrected chi connectivity index (χ4v) is 5.50. The lowest BCUT2D eigenvalue weighted by Crippen LogP contribution is -2.44. The first kappa shape index (κ1) is 18.9. The maximum absolute atomic E-state index is 13.3. The molecule has 2 fully saturated rings. The van der Waals surface area contributed by atoms with Crippen LogP contribution in [0.25, 0.3) is 0 Å². The topological polar surface area (TPSA) is 63.2 Å². The van der Waals surface area contributed by atoms with Crippen molar-refractivity contribution in [1.82, 2.24) is 10.3 Å². The van der Waals surface area contributed by atoms with Gasteiger partial charge in [0.05, 0.1) is 24.3 Å². The molecule has 1 N–H and O–H groups in total. The molecule has 1 aromatic carbocycles. The van der Waals surface area contributed by atoms with E-state index in [1.165, 1.54) is 12.8 Å². The molecule has 0 aromatic heterocycles. The second-order valence-corrected chi connectivity index (χ2v) is 9.50. The molecule has 29 heavy (non-hydrogen) atoms. The van der Waals surface area contributed by atoms with Crippen molar-refractivity contribution in [3.8, 4) is 11.5 Å². The Balaban J connectivity index is 1.57. The van der Waals surface area contributed by atoms with E-state index in [-0.39, 0.29) is 17.6 Å². The van der Waals surface area contributed by atoms with Crippen molar-refractivity contribution >= 4 is 11.6 Å². The number of nitrogens with zero attached hydrogens (tertiary/aromatic N) is 2. The molecule has 1 aromatic rings. The van der Waals surface area contributed by atoms with Crippen LogP contribution in [0.5, 0.6) is 11.5 Å². The van der Waals surface area contributed by atoms with Crippen molar-refractivity contribution in [3.63, 3.8) is 0 Å². The van der Waals surface area contributed by atoms with Crippen molar-refractivity contribution in [2.24, 2.45) is 10.5 Å². The van der Waals surface area contributed by atoms with E-state index in [0.29, 0.717) is 0 Å². The first-order valence-corrected chi connectivity index (χ1v) is 11.0. The number of piperidine rings is 1. The van der Waals surface area contributed by atoms with E-state index in [1.807, 2.05) is 19.9 Å². The average molecular weight is 398 g/mol. The summed E-state index contributed by atoms with van der Waals surface area (Å²) in [4.78, 5) is 13.3. The Morgan fingerprint density at radius 1 is 1.21 bits per heavy atom. The van der Waals surface area contributed by atoms with Gasteiger partial charge in [-0.15, -0.1) is 0 Å². The molecule has 1 spiro atoms. The van der Waals surface area contributed by atoms with Gasteiger partial charge in [0, 0.05) is 17.5 Å². The fourth-order valence-electron chi connectivity index (χ4n) is 5.50. The lowest BCUT2D eigenvalue weighted by molar-refractivity contribution is -0.137. The molecule has 0 unspecified atom stereocenters. The summed E-state index contributed by atoms with van der Waals surface area (Å²) >= 11 is 0. The van der Waals surface area contributed by atoms with Crippen molar-refractivity contribution in [2.75, 3.05) is 20.2 Å². The summed E-state index contributed by atoms with van der Waals surface area (Å²) in [6.07, 6.45) is 7.36. The molecular weight excluding hydrogens is 366 g/mol. The summed E-state index contributed by atoms with van der Waals surface area (Å²) in [5.74, 6) is 1.75. The number of carbonyl (C=O) groups excluding carboxylic acids is 1. The van der Waals surface area contributed by atoms with Crippen LogP contribution in [0.2, 0.25) is 0 Å². The molecule has 1 saturated heterocycles. The van der Waals surface area contributed by atoms with Gasteiger partial charge in [-0.25, -0.2) is 5.01 Å². The molecule has 156 valence electrons. The third-order valence-electron chi connectivity index (χ3n) is 7.23. The van der Waals surface area contributed by atoms with Crippen LogP contribution in [0.15, 0.2) is 17.2 Å². The second-order valence-electron chi connectivity index (χ2n) is 9.50. The van der Waals surface area contributed by atoms with Crippen LogP contribution in [-0.2, 0) is 11.2 Å². The zero-order valence-corrected chi connectivity index (χ0v) is 17.7. The third-order valence-corrected chi connectivity index (χ3v) is 7.23. The maximum Gasteiger partial charge on any atom is 0.254 e. The van der Waals surface area contributed by atoms with E-state index in [1.54, 1.807) is 12.1 Å². The molecule has 5 rings (SSSR count). The Labute approximate surface area is 172 Å². The first-order chi connectivity index (χ1) is 14.0.